The predicted molar refractivity (Wildman–Crippen MR) is 54.2 cm³/mol. The lowest BCUT2D eigenvalue weighted by Gasteiger charge is -2.07. The molecule has 0 aliphatic carbocycles. The van der Waals surface area contributed by atoms with E-state index in [-0.39, 0.29) is 11.3 Å². The molecule has 0 unspecified atom stereocenters. The van der Waals surface area contributed by atoms with E-state index in [1.807, 2.05) is 5.32 Å². The van der Waals surface area contributed by atoms with E-state index >= 15 is 0 Å². The molecule has 18 heavy (non-hydrogen) atoms. The SMILES string of the molecule is O=C(O)c1ccc(C(=O)NCCC(F)(F)F)nc1. The summed E-state index contributed by atoms with van der Waals surface area (Å²) < 4.78 is 35.5. The third-order valence-corrected chi connectivity index (χ3v) is 1.94. The lowest BCUT2D eigenvalue weighted by molar-refractivity contribution is -0.133. The summed E-state index contributed by atoms with van der Waals surface area (Å²) in [4.78, 5) is 25.4. The van der Waals surface area contributed by atoms with Crippen LogP contribution in [0.25, 0.3) is 0 Å². The van der Waals surface area contributed by atoms with Crippen molar-refractivity contribution in [2.24, 2.45) is 0 Å². The van der Waals surface area contributed by atoms with E-state index in [1.165, 1.54) is 0 Å². The molecule has 0 spiro atoms. The van der Waals surface area contributed by atoms with Crippen LogP contribution in [0, 0.1) is 0 Å². The smallest absolute Gasteiger partial charge is 0.390 e. The van der Waals surface area contributed by atoms with Gasteiger partial charge in [0.25, 0.3) is 5.91 Å². The van der Waals surface area contributed by atoms with Crippen LogP contribution >= 0.6 is 0 Å². The lowest BCUT2D eigenvalue weighted by Crippen LogP contribution is -2.28. The zero-order valence-corrected chi connectivity index (χ0v) is 8.99. The number of carboxylic acid groups (broad SMARTS) is 1. The van der Waals surface area contributed by atoms with Crippen molar-refractivity contribution in [3.05, 3.63) is 29.6 Å². The summed E-state index contributed by atoms with van der Waals surface area (Å²) in [5, 5.41) is 10.6. The molecule has 0 aliphatic rings. The zero-order chi connectivity index (χ0) is 13.8. The highest BCUT2D eigenvalue weighted by Gasteiger charge is 2.26. The van der Waals surface area contributed by atoms with Crippen molar-refractivity contribution in [1.29, 1.82) is 0 Å². The maximum Gasteiger partial charge on any atom is 0.390 e. The molecule has 0 radical (unpaired) electrons. The minimum atomic E-state index is -4.34. The van der Waals surface area contributed by atoms with Crippen molar-refractivity contribution in [1.82, 2.24) is 10.3 Å². The van der Waals surface area contributed by atoms with Crippen molar-refractivity contribution in [2.75, 3.05) is 6.54 Å². The van der Waals surface area contributed by atoms with Gasteiger partial charge in [-0.1, -0.05) is 0 Å². The molecule has 0 saturated carbocycles. The van der Waals surface area contributed by atoms with Gasteiger partial charge in [-0.15, -0.1) is 0 Å². The predicted octanol–water partition coefficient (Wildman–Crippen LogP) is 1.46. The van der Waals surface area contributed by atoms with Crippen LogP contribution in [0.1, 0.15) is 27.3 Å². The molecule has 0 atom stereocenters. The maximum atomic E-state index is 11.8. The van der Waals surface area contributed by atoms with E-state index in [1.54, 1.807) is 0 Å². The van der Waals surface area contributed by atoms with Gasteiger partial charge in [-0.2, -0.15) is 13.2 Å². The van der Waals surface area contributed by atoms with Crippen molar-refractivity contribution >= 4 is 11.9 Å². The van der Waals surface area contributed by atoms with Gasteiger partial charge in [0.1, 0.15) is 5.69 Å². The maximum absolute atomic E-state index is 11.8. The first-order chi connectivity index (χ1) is 8.29. The van der Waals surface area contributed by atoms with Gasteiger partial charge in [0.2, 0.25) is 0 Å². The minimum absolute atomic E-state index is 0.109. The van der Waals surface area contributed by atoms with Gasteiger partial charge < -0.3 is 10.4 Å². The van der Waals surface area contributed by atoms with Crippen molar-refractivity contribution < 1.29 is 27.9 Å². The quantitative estimate of drug-likeness (QED) is 0.861. The van der Waals surface area contributed by atoms with Crippen LogP contribution in [0.2, 0.25) is 0 Å². The van der Waals surface area contributed by atoms with E-state index in [0.717, 1.165) is 18.3 Å². The molecular weight excluding hydrogens is 253 g/mol. The van der Waals surface area contributed by atoms with Crippen LogP contribution in [0.4, 0.5) is 13.2 Å². The number of amides is 1. The van der Waals surface area contributed by atoms with Gasteiger partial charge in [0.05, 0.1) is 12.0 Å². The number of hydrogen-bond donors (Lipinski definition) is 2. The Balaban J connectivity index is 2.54. The van der Waals surface area contributed by atoms with Crippen LogP contribution < -0.4 is 5.32 Å². The first-order valence-corrected chi connectivity index (χ1v) is 4.84. The Morgan fingerprint density at radius 3 is 2.44 bits per heavy atom. The van der Waals surface area contributed by atoms with Gasteiger partial charge >= 0.3 is 12.1 Å². The number of hydrogen-bond acceptors (Lipinski definition) is 3. The molecule has 98 valence electrons. The second kappa shape index (κ2) is 5.48. The second-order valence-corrected chi connectivity index (χ2v) is 3.36. The van der Waals surface area contributed by atoms with Gasteiger partial charge in [0, 0.05) is 12.7 Å². The van der Waals surface area contributed by atoms with Crippen LogP contribution in [0.15, 0.2) is 18.3 Å². The first kappa shape index (κ1) is 13.9. The standard InChI is InChI=1S/C10H9F3N2O3/c11-10(12,13)3-4-14-8(16)7-2-1-6(5-15-7)9(17)18/h1-2,5H,3-4H2,(H,14,16)(H,17,18). The molecule has 0 aromatic carbocycles. The summed E-state index contributed by atoms with van der Waals surface area (Å²) in [5.74, 6) is -1.98. The number of carboxylic acids is 1. The number of nitrogens with zero attached hydrogens (tertiary/aromatic N) is 1. The molecule has 1 aromatic rings. The molecule has 8 heteroatoms. The van der Waals surface area contributed by atoms with E-state index < -0.39 is 31.0 Å². The van der Waals surface area contributed by atoms with Gasteiger partial charge in [-0.05, 0) is 12.1 Å². The summed E-state index contributed by atoms with van der Waals surface area (Å²) >= 11 is 0. The monoisotopic (exact) mass is 262 g/mol. The largest absolute Gasteiger partial charge is 0.478 e. The zero-order valence-electron chi connectivity index (χ0n) is 8.99. The normalized spacial score (nSPS) is 11.1. The molecule has 1 heterocycles. The van der Waals surface area contributed by atoms with Crippen LogP contribution in [-0.2, 0) is 0 Å². The van der Waals surface area contributed by atoms with Crippen molar-refractivity contribution in [3.63, 3.8) is 0 Å². The molecule has 0 saturated heterocycles. The first-order valence-electron chi connectivity index (χ1n) is 4.84. The van der Waals surface area contributed by atoms with Gasteiger partial charge in [0.15, 0.2) is 0 Å². The molecule has 0 aliphatic heterocycles. The number of nitrogens with one attached hydrogen (secondary N) is 1. The Hall–Kier alpha value is -2.12. The average molecular weight is 262 g/mol. The number of aromatic nitrogens is 1. The van der Waals surface area contributed by atoms with Crippen molar-refractivity contribution in [3.8, 4) is 0 Å². The van der Waals surface area contributed by atoms with E-state index in [4.69, 9.17) is 5.11 Å². The fourth-order valence-electron chi connectivity index (χ4n) is 1.06. The number of pyridine rings is 1. The van der Waals surface area contributed by atoms with Crippen LogP contribution in [0.3, 0.4) is 0 Å². The number of aromatic carboxylic acids is 1. The van der Waals surface area contributed by atoms with E-state index in [9.17, 15) is 22.8 Å². The highest BCUT2D eigenvalue weighted by Crippen LogP contribution is 2.18. The van der Waals surface area contributed by atoms with Gasteiger partial charge in [-0.25, -0.2) is 4.79 Å². The van der Waals surface area contributed by atoms with Crippen LogP contribution in [0.5, 0.6) is 0 Å². The summed E-state index contributed by atoms with van der Waals surface area (Å²) in [6, 6.07) is 2.28. The second-order valence-electron chi connectivity index (χ2n) is 3.36. The number of halogens is 3. The molecule has 5 nitrogen and oxygen atoms in total. The average Bonchev–Trinajstić information content (AvgIpc) is 2.27. The number of alkyl halides is 3. The highest BCUT2D eigenvalue weighted by molar-refractivity contribution is 5.93. The fraction of sp³-hybridized carbons (Fsp3) is 0.300. The fourth-order valence-corrected chi connectivity index (χ4v) is 1.06. The van der Waals surface area contributed by atoms with Crippen LogP contribution in [-0.4, -0.2) is 34.7 Å². The molecule has 0 fully saturated rings. The molecule has 1 aromatic heterocycles. The van der Waals surface area contributed by atoms with E-state index in [2.05, 4.69) is 4.98 Å². The Bertz CT molecular complexity index is 443. The molecule has 1 amide bonds. The number of carbonyl (C=O) groups excluding carboxylic acids is 1. The Morgan fingerprint density at radius 1 is 1.33 bits per heavy atom. The topological polar surface area (TPSA) is 79.3 Å². The third kappa shape index (κ3) is 4.40. The molecule has 2 N–H and O–H groups in total. The highest BCUT2D eigenvalue weighted by atomic mass is 19.4. The molecule has 0 bridgehead atoms. The summed E-state index contributed by atoms with van der Waals surface area (Å²) in [6.07, 6.45) is -4.51. The Labute approximate surface area is 99.6 Å². The number of carbonyl (C=O) groups is 2. The number of rotatable bonds is 4. The molecular formula is C10H9F3N2O3. The summed E-state index contributed by atoms with van der Waals surface area (Å²) in [7, 11) is 0. The summed E-state index contributed by atoms with van der Waals surface area (Å²) in [5.41, 5.74) is -0.246. The van der Waals surface area contributed by atoms with Crippen molar-refractivity contribution in [2.45, 2.75) is 12.6 Å². The van der Waals surface area contributed by atoms with Gasteiger partial charge in [-0.3, -0.25) is 9.78 Å². The minimum Gasteiger partial charge on any atom is -0.478 e. The lowest BCUT2D eigenvalue weighted by atomic mass is 10.2. The third-order valence-electron chi connectivity index (χ3n) is 1.94. The van der Waals surface area contributed by atoms with E-state index in [0.29, 0.717) is 0 Å². The summed E-state index contributed by atoms with van der Waals surface area (Å²) in [6.45, 7) is -0.551. The molecule has 1 rings (SSSR count). The Morgan fingerprint density at radius 2 is 2.00 bits per heavy atom. The Kier molecular flexibility index (Phi) is 4.24.